The maximum Gasteiger partial charge on any atom is 0.472 e. The lowest BCUT2D eigenvalue weighted by molar-refractivity contribution is -0.220. The molecule has 0 spiro atoms. The van der Waals surface area contributed by atoms with Crippen LogP contribution in [0.15, 0.2) is 48.6 Å². The maximum atomic E-state index is 12.8. The van der Waals surface area contributed by atoms with E-state index in [1.807, 2.05) is 30.4 Å². The van der Waals surface area contributed by atoms with E-state index in [9.17, 15) is 49.7 Å². The minimum atomic E-state index is -5.14. The van der Waals surface area contributed by atoms with Crippen molar-refractivity contribution in [3.8, 4) is 0 Å². The van der Waals surface area contributed by atoms with Crippen molar-refractivity contribution in [2.24, 2.45) is 0 Å². The summed E-state index contributed by atoms with van der Waals surface area (Å²) in [5.74, 6) is -1.19. The first-order chi connectivity index (χ1) is 29.8. The first-order valence-corrected chi connectivity index (χ1v) is 25.0. The molecule has 7 N–H and O–H groups in total. The third-order valence-electron chi connectivity index (χ3n) is 10.7. The van der Waals surface area contributed by atoms with Gasteiger partial charge in [-0.15, -0.1) is 0 Å². The van der Waals surface area contributed by atoms with Crippen molar-refractivity contribution in [2.45, 2.75) is 223 Å². The molecule has 1 aliphatic carbocycles. The highest BCUT2D eigenvalue weighted by atomic mass is 31.2. The Balaban J connectivity index is 2.51. The van der Waals surface area contributed by atoms with E-state index in [1.165, 1.54) is 70.6 Å². The second-order valence-corrected chi connectivity index (χ2v) is 17.8. The van der Waals surface area contributed by atoms with Crippen molar-refractivity contribution in [1.29, 1.82) is 0 Å². The average Bonchev–Trinajstić information content (AvgIpc) is 3.25. The monoisotopic (exact) mass is 903 g/mol. The molecule has 14 nitrogen and oxygen atoms in total. The van der Waals surface area contributed by atoms with Gasteiger partial charge in [0.05, 0.1) is 12.7 Å². The van der Waals surface area contributed by atoms with E-state index in [4.69, 9.17) is 18.5 Å². The molecule has 0 saturated heterocycles. The number of phosphoric ester groups is 1. The molecule has 1 rings (SSSR count). The molecule has 1 fully saturated rings. The zero-order chi connectivity index (χ0) is 45.9. The third-order valence-corrected chi connectivity index (χ3v) is 11.7. The number of rotatable bonds is 38. The van der Waals surface area contributed by atoms with Gasteiger partial charge in [-0.1, -0.05) is 165 Å². The fourth-order valence-corrected chi connectivity index (χ4v) is 7.86. The number of aliphatic hydroxyl groups is 6. The highest BCUT2D eigenvalue weighted by Crippen LogP contribution is 2.47. The van der Waals surface area contributed by atoms with Crippen LogP contribution in [0.25, 0.3) is 0 Å². The van der Waals surface area contributed by atoms with Gasteiger partial charge in [0.15, 0.2) is 6.10 Å². The van der Waals surface area contributed by atoms with Crippen LogP contribution < -0.4 is 0 Å². The zero-order valence-corrected chi connectivity index (χ0v) is 38.7. The minimum Gasteiger partial charge on any atom is -0.462 e. The molecule has 15 heteroatoms. The first-order valence-electron chi connectivity index (χ1n) is 23.5. The Morgan fingerprint density at radius 2 is 1.02 bits per heavy atom. The van der Waals surface area contributed by atoms with E-state index in [2.05, 4.69) is 32.1 Å². The van der Waals surface area contributed by atoms with Crippen molar-refractivity contribution in [3.05, 3.63) is 48.6 Å². The summed E-state index contributed by atoms with van der Waals surface area (Å²) in [6.45, 7) is 3.10. The van der Waals surface area contributed by atoms with Crippen LogP contribution in [-0.4, -0.2) is 110 Å². The standard InChI is InChI=1S/C47H83O14P/c1-3-5-7-8-9-10-11-12-13-14-18-21-24-27-30-34-40(49)58-36-39(37-59-62(56,57)61-47-45(54)43(52)42(51)44(53)46(47)55)60-41(50)35-31-28-25-22-19-16-15-17-20-23-26-29-33-38(48)32-6-4-2/h15-16,20,22-23,25,29,33,38-39,42-48,51-55H,3-14,17-19,21,24,26-28,30-32,34-37H2,1-2H3,(H,56,57)/b16-15-,23-20-,25-22-,33-29-/t38-,39-,42?,43-,44+,45-,46-,47?/m1/s1. The summed E-state index contributed by atoms with van der Waals surface area (Å²) in [4.78, 5) is 35.7. The molecular weight excluding hydrogens is 819 g/mol. The molecule has 3 unspecified atom stereocenters. The first kappa shape index (κ1) is 57.8. The van der Waals surface area contributed by atoms with Gasteiger partial charge in [0.1, 0.15) is 43.2 Å². The van der Waals surface area contributed by atoms with Crippen molar-refractivity contribution in [2.75, 3.05) is 13.2 Å². The van der Waals surface area contributed by atoms with Crippen LogP contribution in [-0.2, 0) is 32.7 Å². The fraction of sp³-hybridized carbons (Fsp3) is 0.787. The summed E-state index contributed by atoms with van der Waals surface area (Å²) >= 11 is 0. The lowest BCUT2D eigenvalue weighted by atomic mass is 9.85. The Labute approximate surface area is 372 Å². The average molecular weight is 903 g/mol. The van der Waals surface area contributed by atoms with Crippen LogP contribution in [0.5, 0.6) is 0 Å². The molecule has 0 heterocycles. The van der Waals surface area contributed by atoms with E-state index in [0.29, 0.717) is 19.3 Å². The van der Waals surface area contributed by atoms with E-state index >= 15 is 0 Å². The normalized spacial score (nSPS) is 22.8. The summed E-state index contributed by atoms with van der Waals surface area (Å²) in [6, 6.07) is 0. The fourth-order valence-electron chi connectivity index (χ4n) is 6.89. The van der Waals surface area contributed by atoms with Gasteiger partial charge in [0, 0.05) is 12.8 Å². The summed E-state index contributed by atoms with van der Waals surface area (Å²) in [5.41, 5.74) is 0. The Kier molecular flexibility index (Phi) is 34.5. The lowest BCUT2D eigenvalue weighted by Gasteiger charge is -2.41. The molecule has 0 bridgehead atoms. The topological polar surface area (TPSA) is 230 Å². The third kappa shape index (κ3) is 29.3. The van der Waals surface area contributed by atoms with Gasteiger partial charge in [-0.2, -0.15) is 0 Å². The number of hydrogen-bond donors (Lipinski definition) is 7. The highest BCUT2D eigenvalue weighted by Gasteiger charge is 2.51. The summed E-state index contributed by atoms with van der Waals surface area (Å²) < 4.78 is 33.4. The predicted octanol–water partition coefficient (Wildman–Crippen LogP) is 8.14. The van der Waals surface area contributed by atoms with E-state index in [1.54, 1.807) is 0 Å². The highest BCUT2D eigenvalue weighted by molar-refractivity contribution is 7.47. The molecule has 9 atom stereocenters. The van der Waals surface area contributed by atoms with Gasteiger partial charge >= 0.3 is 19.8 Å². The smallest absolute Gasteiger partial charge is 0.462 e. The lowest BCUT2D eigenvalue weighted by Crippen LogP contribution is -2.64. The van der Waals surface area contributed by atoms with Crippen LogP contribution in [0, 0.1) is 0 Å². The van der Waals surface area contributed by atoms with Crippen LogP contribution in [0.3, 0.4) is 0 Å². The van der Waals surface area contributed by atoms with E-state index in [0.717, 1.165) is 57.8 Å². The Bertz CT molecular complexity index is 1290. The number of allylic oxidation sites excluding steroid dienone is 7. The van der Waals surface area contributed by atoms with Gasteiger partial charge in [-0.3, -0.25) is 18.6 Å². The Hall–Kier alpha value is -2.23. The molecule has 360 valence electrons. The molecular formula is C47H83O14P. The molecule has 1 aliphatic rings. The summed E-state index contributed by atoms with van der Waals surface area (Å²) in [7, 11) is -5.14. The van der Waals surface area contributed by atoms with Crippen molar-refractivity contribution >= 4 is 19.8 Å². The molecule has 0 aromatic carbocycles. The molecule has 0 amide bonds. The number of hydrogen-bond acceptors (Lipinski definition) is 13. The van der Waals surface area contributed by atoms with Gasteiger partial charge < -0.3 is 45.0 Å². The second kappa shape index (κ2) is 37.0. The predicted molar refractivity (Wildman–Crippen MR) is 241 cm³/mol. The van der Waals surface area contributed by atoms with Gasteiger partial charge in [0.25, 0.3) is 0 Å². The van der Waals surface area contributed by atoms with Crippen LogP contribution in [0.2, 0.25) is 0 Å². The number of carbonyl (C=O) groups excluding carboxylic acids is 2. The minimum absolute atomic E-state index is 0.00444. The Morgan fingerprint density at radius 1 is 0.565 bits per heavy atom. The summed E-state index contributed by atoms with van der Waals surface area (Å²) in [5, 5.41) is 60.0. The number of phosphoric acid groups is 1. The zero-order valence-electron chi connectivity index (χ0n) is 37.8. The number of carbonyl (C=O) groups is 2. The van der Waals surface area contributed by atoms with Crippen molar-refractivity contribution < 1.29 is 68.2 Å². The van der Waals surface area contributed by atoms with E-state index < -0.39 is 75.7 Å². The van der Waals surface area contributed by atoms with Gasteiger partial charge in [0.2, 0.25) is 0 Å². The number of esters is 2. The molecule has 1 saturated carbocycles. The van der Waals surface area contributed by atoms with Crippen LogP contribution in [0.4, 0.5) is 0 Å². The number of aliphatic hydroxyl groups excluding tert-OH is 6. The van der Waals surface area contributed by atoms with Gasteiger partial charge in [-0.25, -0.2) is 4.57 Å². The molecule has 0 radical (unpaired) electrons. The van der Waals surface area contributed by atoms with Gasteiger partial charge in [-0.05, 0) is 44.9 Å². The van der Waals surface area contributed by atoms with Crippen LogP contribution in [0.1, 0.15) is 174 Å². The SMILES string of the molecule is CCCCCCCCCCCCCCCCCC(=O)OC[C@H](COP(=O)(O)OC1[C@H](O)[C@H](O)C(O)[C@H](O)[C@H]1O)OC(=O)CCC/C=C\C/C=C\C/C=C\C/C=C\[C@H](O)CCCC. The van der Waals surface area contributed by atoms with Crippen molar-refractivity contribution in [3.63, 3.8) is 0 Å². The molecule has 62 heavy (non-hydrogen) atoms. The quantitative estimate of drug-likeness (QED) is 0.0134. The summed E-state index contributed by atoms with van der Waals surface area (Å²) in [6.07, 6.45) is 26.4. The molecule has 0 aromatic heterocycles. The van der Waals surface area contributed by atoms with Crippen LogP contribution >= 0.6 is 7.82 Å². The van der Waals surface area contributed by atoms with Crippen molar-refractivity contribution in [1.82, 2.24) is 0 Å². The number of ether oxygens (including phenoxy) is 2. The second-order valence-electron chi connectivity index (χ2n) is 16.4. The number of unbranched alkanes of at least 4 members (excludes halogenated alkanes) is 16. The molecule has 0 aliphatic heterocycles. The molecule has 0 aromatic rings. The maximum absolute atomic E-state index is 12.8. The Morgan fingerprint density at radius 3 is 1.55 bits per heavy atom. The largest absolute Gasteiger partial charge is 0.472 e. The van der Waals surface area contributed by atoms with E-state index in [-0.39, 0.29) is 18.9 Å².